The van der Waals surface area contributed by atoms with E-state index < -0.39 is 0 Å². The summed E-state index contributed by atoms with van der Waals surface area (Å²) in [6.07, 6.45) is 1.75. The van der Waals surface area contributed by atoms with Gasteiger partial charge in [0.25, 0.3) is 0 Å². The summed E-state index contributed by atoms with van der Waals surface area (Å²) in [5.41, 5.74) is 2.47. The maximum Gasteiger partial charge on any atom is 0.236 e. The minimum Gasteiger partial charge on any atom is -0.301 e. The van der Waals surface area contributed by atoms with Crippen LogP contribution in [0.3, 0.4) is 0 Å². The molecule has 0 radical (unpaired) electrons. The van der Waals surface area contributed by atoms with Gasteiger partial charge in [0.15, 0.2) is 15.7 Å². The molecule has 10 heteroatoms. The van der Waals surface area contributed by atoms with E-state index in [0.29, 0.717) is 39.3 Å². The first kappa shape index (κ1) is 21.0. The highest BCUT2D eigenvalue weighted by molar-refractivity contribution is 7.99. The number of carbonyl (C=O) groups is 1. The summed E-state index contributed by atoms with van der Waals surface area (Å²) in [5, 5.41) is 19.3. The van der Waals surface area contributed by atoms with E-state index in [9.17, 15) is 4.79 Å². The van der Waals surface area contributed by atoms with Crippen molar-refractivity contribution in [2.24, 2.45) is 0 Å². The fraction of sp³-hybridized carbons (Fsp3) is 0.211. The minimum absolute atomic E-state index is 0.117. The maximum atomic E-state index is 12.3. The van der Waals surface area contributed by atoms with E-state index in [4.69, 9.17) is 17.5 Å². The number of aromatic amines is 1. The van der Waals surface area contributed by atoms with E-state index in [1.165, 1.54) is 23.1 Å². The summed E-state index contributed by atoms with van der Waals surface area (Å²) in [6, 6.07) is 9.44. The molecule has 0 saturated heterocycles. The number of hydrogen-bond acceptors (Lipinski definition) is 7. The van der Waals surface area contributed by atoms with E-state index in [2.05, 4.69) is 33.1 Å². The molecule has 0 saturated carbocycles. The molecular formula is C19H18N6OS3. The minimum atomic E-state index is -0.117. The molecule has 29 heavy (non-hydrogen) atoms. The molecule has 7 nitrogen and oxygen atoms in total. The molecule has 0 unspecified atom stereocenters. The summed E-state index contributed by atoms with van der Waals surface area (Å²) in [5.74, 6) is 1.57. The van der Waals surface area contributed by atoms with Crippen molar-refractivity contribution in [2.75, 3.05) is 11.1 Å². The number of amides is 1. The van der Waals surface area contributed by atoms with Crippen LogP contribution in [0, 0.1) is 23.0 Å². The zero-order chi connectivity index (χ0) is 20.8. The highest BCUT2D eigenvalue weighted by Gasteiger charge is 2.17. The van der Waals surface area contributed by atoms with Crippen LogP contribution in [0.25, 0.3) is 10.7 Å². The molecule has 1 aromatic carbocycles. The van der Waals surface area contributed by atoms with Gasteiger partial charge < -0.3 is 5.32 Å². The number of benzene rings is 1. The van der Waals surface area contributed by atoms with Crippen LogP contribution in [-0.2, 0) is 17.1 Å². The van der Waals surface area contributed by atoms with Gasteiger partial charge in [0.2, 0.25) is 5.91 Å². The summed E-state index contributed by atoms with van der Waals surface area (Å²) < 4.78 is 2.35. The molecule has 0 spiro atoms. The van der Waals surface area contributed by atoms with Crippen LogP contribution in [0.15, 0.2) is 36.9 Å². The number of anilines is 1. The summed E-state index contributed by atoms with van der Waals surface area (Å²) >= 11 is 8.12. The topological polar surface area (TPSA) is 99.4 Å². The lowest BCUT2D eigenvalue weighted by atomic mass is 10.2. The number of nitrogens with zero attached hydrogens (tertiary/aromatic N) is 4. The SMILES string of the molecule is C=CCn1c(-c2sc(NC(=O)CSCc3ccc(C#N)cc3)nc2C)n[nH]c1=S. The predicted octanol–water partition coefficient (Wildman–Crippen LogP) is 4.30. The Balaban J connectivity index is 1.60. The number of thioether (sulfide) groups is 1. The third-order valence-electron chi connectivity index (χ3n) is 3.90. The quantitative estimate of drug-likeness (QED) is 0.398. The normalized spacial score (nSPS) is 10.5. The largest absolute Gasteiger partial charge is 0.301 e. The van der Waals surface area contributed by atoms with Gasteiger partial charge in [-0.2, -0.15) is 10.4 Å². The molecule has 0 aliphatic rings. The lowest BCUT2D eigenvalue weighted by molar-refractivity contribution is -0.113. The van der Waals surface area contributed by atoms with E-state index in [1.54, 1.807) is 18.2 Å². The fourth-order valence-electron chi connectivity index (χ4n) is 2.54. The molecule has 148 valence electrons. The van der Waals surface area contributed by atoms with Gasteiger partial charge in [-0.25, -0.2) is 4.98 Å². The second-order valence-electron chi connectivity index (χ2n) is 6.03. The molecule has 0 aliphatic carbocycles. The average Bonchev–Trinajstić information content (AvgIpc) is 3.25. The van der Waals surface area contributed by atoms with Crippen molar-refractivity contribution < 1.29 is 4.79 Å². The highest BCUT2D eigenvalue weighted by Crippen LogP contribution is 2.31. The number of nitriles is 1. The number of aromatic nitrogens is 4. The molecule has 3 rings (SSSR count). The molecule has 0 aliphatic heterocycles. The first-order valence-electron chi connectivity index (χ1n) is 8.62. The van der Waals surface area contributed by atoms with E-state index in [1.807, 2.05) is 23.6 Å². The monoisotopic (exact) mass is 442 g/mol. The van der Waals surface area contributed by atoms with Crippen molar-refractivity contribution in [3.05, 3.63) is 58.5 Å². The van der Waals surface area contributed by atoms with Crippen molar-refractivity contribution in [2.45, 2.75) is 19.2 Å². The lowest BCUT2D eigenvalue weighted by Gasteiger charge is -2.03. The summed E-state index contributed by atoms with van der Waals surface area (Å²) in [4.78, 5) is 17.6. The van der Waals surface area contributed by atoms with Crippen LogP contribution >= 0.6 is 35.3 Å². The second kappa shape index (κ2) is 9.65. The Labute approximate surface area is 181 Å². The number of hydrogen-bond donors (Lipinski definition) is 2. The molecule has 1 amide bonds. The third kappa shape index (κ3) is 5.20. The molecule has 0 atom stereocenters. The molecular weight excluding hydrogens is 424 g/mol. The molecule has 0 fully saturated rings. The Morgan fingerprint density at radius 3 is 2.93 bits per heavy atom. The Bertz CT molecular complexity index is 1120. The van der Waals surface area contributed by atoms with Gasteiger partial charge in [-0.05, 0) is 36.8 Å². The molecule has 2 aromatic heterocycles. The van der Waals surface area contributed by atoms with Gasteiger partial charge >= 0.3 is 0 Å². The number of aryl methyl sites for hydroxylation is 1. The zero-order valence-corrected chi connectivity index (χ0v) is 18.1. The number of allylic oxidation sites excluding steroid dienone is 1. The van der Waals surface area contributed by atoms with Crippen LogP contribution in [0.2, 0.25) is 0 Å². The van der Waals surface area contributed by atoms with Gasteiger partial charge in [0.1, 0.15) is 0 Å². The van der Waals surface area contributed by atoms with E-state index >= 15 is 0 Å². The summed E-state index contributed by atoms with van der Waals surface area (Å²) in [7, 11) is 0. The third-order valence-corrected chi connectivity index (χ3v) is 6.29. The van der Waals surface area contributed by atoms with Gasteiger partial charge in [-0.3, -0.25) is 14.5 Å². The maximum absolute atomic E-state index is 12.3. The Hall–Kier alpha value is -2.74. The first-order valence-corrected chi connectivity index (χ1v) is 11.0. The van der Waals surface area contributed by atoms with E-state index in [0.717, 1.165) is 16.1 Å². The first-order chi connectivity index (χ1) is 14.0. The second-order valence-corrected chi connectivity index (χ2v) is 8.41. The van der Waals surface area contributed by atoms with Gasteiger partial charge in [0, 0.05) is 12.3 Å². The van der Waals surface area contributed by atoms with Crippen molar-refractivity contribution in [3.8, 4) is 16.8 Å². The standard InChI is InChI=1S/C19H18N6OS3/c1-3-8-25-17(23-24-19(25)27)16-12(2)21-18(29-16)22-15(26)11-28-10-14-6-4-13(9-20)5-7-14/h3-7H,1,8,10-11H2,2H3,(H,24,27)(H,21,22,26). The van der Waals surface area contributed by atoms with Crippen molar-refractivity contribution in [1.29, 1.82) is 5.26 Å². The van der Waals surface area contributed by atoms with Crippen molar-refractivity contribution in [1.82, 2.24) is 19.7 Å². The number of nitrogens with one attached hydrogen (secondary N) is 2. The zero-order valence-electron chi connectivity index (χ0n) is 15.6. The summed E-state index contributed by atoms with van der Waals surface area (Å²) in [6.45, 7) is 6.15. The molecule has 0 bridgehead atoms. The average molecular weight is 443 g/mol. The fourth-order valence-corrected chi connectivity index (χ4v) is 4.51. The van der Waals surface area contributed by atoms with Gasteiger partial charge in [0.05, 0.1) is 28.0 Å². The molecule has 2 N–H and O–H groups in total. The number of thiazole rings is 1. The van der Waals surface area contributed by atoms with Gasteiger partial charge in [-0.15, -0.1) is 18.3 Å². The van der Waals surface area contributed by atoms with Crippen LogP contribution in [-0.4, -0.2) is 31.4 Å². The van der Waals surface area contributed by atoms with Crippen molar-refractivity contribution >= 4 is 46.4 Å². The molecule has 2 heterocycles. The van der Waals surface area contributed by atoms with Crippen LogP contribution in [0.5, 0.6) is 0 Å². The predicted molar refractivity (Wildman–Crippen MR) is 119 cm³/mol. The highest BCUT2D eigenvalue weighted by atomic mass is 32.2. The number of rotatable bonds is 8. The van der Waals surface area contributed by atoms with Crippen molar-refractivity contribution in [3.63, 3.8) is 0 Å². The van der Waals surface area contributed by atoms with E-state index in [-0.39, 0.29) is 5.91 Å². The van der Waals surface area contributed by atoms with Crippen LogP contribution < -0.4 is 5.32 Å². The number of carbonyl (C=O) groups excluding carboxylic acids is 1. The van der Waals surface area contributed by atoms with Crippen LogP contribution in [0.4, 0.5) is 5.13 Å². The lowest BCUT2D eigenvalue weighted by Crippen LogP contribution is -2.13. The Morgan fingerprint density at radius 2 is 2.24 bits per heavy atom. The molecule has 3 aromatic rings. The Morgan fingerprint density at radius 1 is 1.48 bits per heavy atom. The number of H-pyrrole nitrogens is 1. The van der Waals surface area contributed by atoms with Crippen LogP contribution in [0.1, 0.15) is 16.8 Å². The Kier molecular flexibility index (Phi) is 6.98. The smallest absolute Gasteiger partial charge is 0.236 e. The van der Waals surface area contributed by atoms with Gasteiger partial charge in [-0.1, -0.05) is 29.5 Å².